The van der Waals surface area contributed by atoms with Gasteiger partial charge in [-0.2, -0.15) is 0 Å². The molecule has 0 fully saturated rings. The lowest BCUT2D eigenvalue weighted by Gasteiger charge is -2.24. The molecule has 32 heavy (non-hydrogen) atoms. The van der Waals surface area contributed by atoms with Gasteiger partial charge in [-0.15, -0.1) is 0 Å². The number of pyridine rings is 1. The second kappa shape index (κ2) is 11.0. The van der Waals surface area contributed by atoms with Crippen LogP contribution in [0.4, 0.5) is 5.82 Å². The maximum atomic E-state index is 13.5. The van der Waals surface area contributed by atoms with Gasteiger partial charge in [0.05, 0.1) is 20.6 Å². The van der Waals surface area contributed by atoms with Crippen molar-refractivity contribution in [2.45, 2.75) is 32.7 Å². The van der Waals surface area contributed by atoms with E-state index < -0.39 is 0 Å². The molecule has 7 heteroatoms. The van der Waals surface area contributed by atoms with Crippen LogP contribution in [-0.4, -0.2) is 29.4 Å². The van der Waals surface area contributed by atoms with Gasteiger partial charge in [-0.25, -0.2) is 4.98 Å². The summed E-state index contributed by atoms with van der Waals surface area (Å²) in [5, 5.41) is 4.41. The van der Waals surface area contributed by atoms with Crippen LogP contribution in [0, 0.1) is 0 Å². The fourth-order valence-electron chi connectivity index (χ4n) is 3.41. The molecule has 0 aliphatic carbocycles. The predicted octanol–water partition coefficient (Wildman–Crippen LogP) is 7.09. The first kappa shape index (κ1) is 24.4. The van der Waals surface area contributed by atoms with Crippen molar-refractivity contribution in [3.63, 3.8) is 0 Å². The van der Waals surface area contributed by atoms with Crippen LogP contribution in [-0.2, 0) is 13.0 Å². The topological polar surface area (TPSA) is 45.2 Å². The number of amides is 1. The van der Waals surface area contributed by atoms with Crippen molar-refractivity contribution in [2.24, 2.45) is 0 Å². The fourth-order valence-corrected chi connectivity index (χ4v) is 3.89. The molecule has 2 aromatic carbocycles. The molecule has 0 aliphatic rings. The van der Waals surface area contributed by atoms with Crippen LogP contribution in [0.15, 0.2) is 54.7 Å². The largest absolute Gasteiger partial charge is 0.372 e. The summed E-state index contributed by atoms with van der Waals surface area (Å²) in [5.74, 6) is 0.804. The molecule has 168 valence electrons. The highest BCUT2D eigenvalue weighted by Gasteiger charge is 2.21. The Hall–Kier alpha value is -2.27. The Morgan fingerprint density at radius 2 is 1.69 bits per heavy atom. The number of carbonyl (C=O) groups excluding carboxylic acids is 1. The lowest BCUT2D eigenvalue weighted by atomic mass is 10.0. The molecule has 0 radical (unpaired) electrons. The van der Waals surface area contributed by atoms with E-state index in [-0.39, 0.29) is 5.91 Å². The molecule has 0 unspecified atom stereocenters. The molecule has 1 amide bonds. The highest BCUT2D eigenvalue weighted by molar-refractivity contribution is 6.42. The van der Waals surface area contributed by atoms with Gasteiger partial charge in [0.15, 0.2) is 0 Å². The second-order valence-corrected chi connectivity index (χ2v) is 9.17. The number of anilines is 1. The zero-order valence-electron chi connectivity index (χ0n) is 18.3. The Kier molecular flexibility index (Phi) is 8.41. The summed E-state index contributed by atoms with van der Waals surface area (Å²) >= 11 is 18.4. The first-order chi connectivity index (χ1) is 15.3. The van der Waals surface area contributed by atoms with Crippen LogP contribution in [0.25, 0.3) is 0 Å². The monoisotopic (exact) mass is 489 g/mol. The Labute approximate surface area is 204 Å². The Morgan fingerprint density at radius 3 is 2.31 bits per heavy atom. The first-order valence-electron chi connectivity index (χ1n) is 10.4. The van der Waals surface area contributed by atoms with Crippen LogP contribution < -0.4 is 5.32 Å². The van der Waals surface area contributed by atoms with Gasteiger partial charge in [0.2, 0.25) is 0 Å². The van der Waals surface area contributed by atoms with Gasteiger partial charge >= 0.3 is 0 Å². The minimum absolute atomic E-state index is 0.141. The zero-order valence-corrected chi connectivity index (χ0v) is 20.6. The number of aromatic nitrogens is 1. The molecule has 1 N–H and O–H groups in total. The van der Waals surface area contributed by atoms with Crippen molar-refractivity contribution in [1.82, 2.24) is 9.88 Å². The quantitative estimate of drug-likeness (QED) is 0.366. The maximum absolute atomic E-state index is 13.5. The van der Waals surface area contributed by atoms with E-state index >= 15 is 0 Å². The highest BCUT2D eigenvalue weighted by Crippen LogP contribution is 2.24. The number of rotatable bonds is 8. The van der Waals surface area contributed by atoms with E-state index in [0.29, 0.717) is 51.9 Å². The Morgan fingerprint density at radius 1 is 1.00 bits per heavy atom. The van der Waals surface area contributed by atoms with Gasteiger partial charge < -0.3 is 10.2 Å². The van der Waals surface area contributed by atoms with Crippen LogP contribution in [0.5, 0.6) is 0 Å². The van der Waals surface area contributed by atoms with Crippen molar-refractivity contribution in [1.29, 1.82) is 0 Å². The third-order valence-corrected chi connectivity index (χ3v) is 6.23. The molecule has 0 spiro atoms. The number of nitrogens with one attached hydrogen (secondary N) is 1. The van der Waals surface area contributed by atoms with Crippen LogP contribution >= 0.6 is 34.8 Å². The zero-order chi connectivity index (χ0) is 23.3. The molecule has 3 rings (SSSR count). The molecule has 4 nitrogen and oxygen atoms in total. The van der Waals surface area contributed by atoms with Gasteiger partial charge in [-0.3, -0.25) is 4.79 Å². The van der Waals surface area contributed by atoms with E-state index in [1.54, 1.807) is 24.1 Å². The smallest absolute Gasteiger partial charge is 0.257 e. The third kappa shape index (κ3) is 6.16. The van der Waals surface area contributed by atoms with Crippen LogP contribution in [0.1, 0.15) is 46.8 Å². The molecular weight excluding hydrogens is 465 g/mol. The molecule has 1 heterocycles. The normalized spacial score (nSPS) is 11.0. The highest BCUT2D eigenvalue weighted by atomic mass is 35.5. The summed E-state index contributed by atoms with van der Waals surface area (Å²) in [7, 11) is 1.73. The molecule has 1 aromatic heterocycles. The SMILES string of the molecule is CNc1ncc(Cl)cc1C(=O)N(CCc1ccc(Cl)c(Cl)c1)Cc1ccc(C(C)C)cc1. The lowest BCUT2D eigenvalue weighted by Crippen LogP contribution is -2.33. The lowest BCUT2D eigenvalue weighted by molar-refractivity contribution is 0.0745. The van der Waals surface area contributed by atoms with Gasteiger partial charge in [0.25, 0.3) is 5.91 Å². The number of hydrogen-bond donors (Lipinski definition) is 1. The van der Waals surface area contributed by atoms with Crippen LogP contribution in [0.3, 0.4) is 0 Å². The fraction of sp³-hybridized carbons (Fsp3) is 0.280. The number of nitrogens with zero attached hydrogens (tertiary/aromatic N) is 2. The van der Waals surface area contributed by atoms with Gasteiger partial charge in [-0.1, -0.05) is 79.0 Å². The predicted molar refractivity (Wildman–Crippen MR) is 134 cm³/mol. The van der Waals surface area contributed by atoms with E-state index in [9.17, 15) is 4.79 Å². The number of hydrogen-bond acceptors (Lipinski definition) is 3. The van der Waals surface area contributed by atoms with Crippen LogP contribution in [0.2, 0.25) is 15.1 Å². The molecule has 0 bridgehead atoms. The average Bonchev–Trinajstić information content (AvgIpc) is 2.78. The summed E-state index contributed by atoms with van der Waals surface area (Å²) in [5.41, 5.74) is 3.76. The summed E-state index contributed by atoms with van der Waals surface area (Å²) in [4.78, 5) is 19.6. The van der Waals surface area contributed by atoms with E-state index in [2.05, 4.69) is 48.4 Å². The van der Waals surface area contributed by atoms with Crippen molar-refractivity contribution >= 4 is 46.5 Å². The van der Waals surface area contributed by atoms with Crippen molar-refractivity contribution in [3.05, 3.63) is 92.0 Å². The molecule has 0 atom stereocenters. The maximum Gasteiger partial charge on any atom is 0.257 e. The first-order valence-corrected chi connectivity index (χ1v) is 11.6. The summed E-state index contributed by atoms with van der Waals surface area (Å²) < 4.78 is 0. The summed E-state index contributed by atoms with van der Waals surface area (Å²) in [6.07, 6.45) is 2.16. The van der Waals surface area contributed by atoms with E-state index in [1.807, 2.05) is 12.1 Å². The molecule has 0 saturated heterocycles. The minimum Gasteiger partial charge on any atom is -0.372 e. The summed E-state index contributed by atoms with van der Waals surface area (Å²) in [6, 6.07) is 15.6. The third-order valence-electron chi connectivity index (χ3n) is 5.28. The van der Waals surface area contributed by atoms with E-state index in [4.69, 9.17) is 34.8 Å². The van der Waals surface area contributed by atoms with Crippen molar-refractivity contribution < 1.29 is 4.79 Å². The molecule has 3 aromatic rings. The van der Waals surface area contributed by atoms with Gasteiger partial charge in [-0.05, 0) is 47.2 Å². The minimum atomic E-state index is -0.141. The summed E-state index contributed by atoms with van der Waals surface area (Å²) in [6.45, 7) is 5.29. The Bertz CT molecular complexity index is 1080. The number of carbonyl (C=O) groups is 1. The second-order valence-electron chi connectivity index (χ2n) is 7.92. The molecule has 0 saturated carbocycles. The van der Waals surface area contributed by atoms with E-state index in [0.717, 1.165) is 11.1 Å². The van der Waals surface area contributed by atoms with E-state index in [1.165, 1.54) is 11.8 Å². The number of benzene rings is 2. The molecular formula is C25H26Cl3N3O. The number of halogens is 3. The molecule has 0 aliphatic heterocycles. The Balaban J connectivity index is 1.88. The average molecular weight is 491 g/mol. The van der Waals surface area contributed by atoms with Gasteiger partial charge in [0, 0.05) is 26.3 Å². The van der Waals surface area contributed by atoms with Crippen molar-refractivity contribution in [2.75, 3.05) is 18.9 Å². The van der Waals surface area contributed by atoms with Gasteiger partial charge in [0.1, 0.15) is 5.82 Å². The van der Waals surface area contributed by atoms with Crippen molar-refractivity contribution in [3.8, 4) is 0 Å². The standard InChI is InChI=1S/C25H26Cl3N3O/c1-16(2)19-7-4-18(5-8-19)15-31(11-10-17-6-9-22(27)23(28)12-17)25(32)21-13-20(26)14-30-24(21)29-3/h4-9,12-14,16H,10-11,15H2,1-3H3,(H,29,30).